The van der Waals surface area contributed by atoms with E-state index in [0.717, 1.165) is 44.6 Å². The van der Waals surface area contributed by atoms with Gasteiger partial charge in [0, 0.05) is 42.3 Å². The molecule has 1 fully saturated rings. The van der Waals surface area contributed by atoms with Crippen molar-refractivity contribution in [2.24, 2.45) is 0 Å². The fourth-order valence-electron chi connectivity index (χ4n) is 3.52. The maximum Gasteiger partial charge on any atom is 0.0946 e. The van der Waals surface area contributed by atoms with E-state index in [1.165, 1.54) is 16.8 Å². The molecule has 0 spiro atoms. The van der Waals surface area contributed by atoms with Gasteiger partial charge in [0.1, 0.15) is 0 Å². The van der Waals surface area contributed by atoms with Crippen molar-refractivity contribution in [2.75, 3.05) is 24.6 Å². The number of rotatable bonds is 5. The number of pyridine rings is 1. The van der Waals surface area contributed by atoms with E-state index < -0.39 is 0 Å². The van der Waals surface area contributed by atoms with E-state index in [1.54, 1.807) is 0 Å². The van der Waals surface area contributed by atoms with Crippen molar-refractivity contribution in [1.82, 2.24) is 14.8 Å². The van der Waals surface area contributed by atoms with E-state index >= 15 is 0 Å². The second-order valence-corrected chi connectivity index (χ2v) is 6.57. The van der Waals surface area contributed by atoms with Crippen LogP contribution in [0.5, 0.6) is 0 Å². The third kappa shape index (κ3) is 3.51. The Labute approximate surface area is 148 Å². The third-order valence-corrected chi connectivity index (χ3v) is 4.68. The molecule has 5 heteroatoms. The van der Waals surface area contributed by atoms with Gasteiger partial charge in [0.05, 0.1) is 24.8 Å². The van der Waals surface area contributed by atoms with Crippen LogP contribution in [-0.2, 0) is 17.7 Å². The van der Waals surface area contributed by atoms with Crippen molar-refractivity contribution >= 4 is 16.6 Å². The van der Waals surface area contributed by atoms with Crippen molar-refractivity contribution in [3.05, 3.63) is 54.5 Å². The molecule has 2 aromatic heterocycles. The standard InChI is InChI=1S/C20H24N4O/c1-2-6-16-13-20(18-7-3-4-8-19(18)22-16)23-11-12-25-17(14-23)15-24-10-5-9-21-24/h3-5,7-10,13,17H,2,6,11-12,14-15H2,1H3. The fraction of sp³-hybridized carbons (Fsp3) is 0.400. The lowest BCUT2D eigenvalue weighted by Gasteiger charge is -2.35. The smallest absolute Gasteiger partial charge is 0.0946 e. The van der Waals surface area contributed by atoms with Crippen LogP contribution in [0.15, 0.2) is 48.8 Å². The molecule has 25 heavy (non-hydrogen) atoms. The third-order valence-electron chi connectivity index (χ3n) is 4.68. The molecule has 0 N–H and O–H groups in total. The number of aromatic nitrogens is 3. The SMILES string of the molecule is CCCc1cc(N2CCOC(Cn3cccn3)C2)c2ccccc2n1. The first kappa shape index (κ1) is 16.1. The minimum atomic E-state index is 0.148. The Morgan fingerprint density at radius 3 is 3.00 bits per heavy atom. The molecule has 1 unspecified atom stereocenters. The van der Waals surface area contributed by atoms with E-state index in [4.69, 9.17) is 9.72 Å². The van der Waals surface area contributed by atoms with Crippen LogP contribution in [0.2, 0.25) is 0 Å². The molecule has 1 saturated heterocycles. The molecule has 3 aromatic rings. The molecule has 3 heterocycles. The van der Waals surface area contributed by atoms with Crippen LogP contribution in [0.25, 0.3) is 10.9 Å². The maximum atomic E-state index is 5.97. The number of benzene rings is 1. The zero-order valence-corrected chi connectivity index (χ0v) is 14.6. The van der Waals surface area contributed by atoms with Crippen molar-refractivity contribution in [3.8, 4) is 0 Å². The molecule has 130 valence electrons. The van der Waals surface area contributed by atoms with E-state index in [9.17, 15) is 0 Å². The molecule has 1 atom stereocenters. The Morgan fingerprint density at radius 1 is 1.24 bits per heavy atom. The average Bonchev–Trinajstić information content (AvgIpc) is 3.14. The number of nitrogens with zero attached hydrogens (tertiary/aromatic N) is 4. The van der Waals surface area contributed by atoms with Gasteiger partial charge < -0.3 is 9.64 Å². The van der Waals surface area contributed by atoms with Crippen molar-refractivity contribution in [1.29, 1.82) is 0 Å². The van der Waals surface area contributed by atoms with Crippen molar-refractivity contribution in [3.63, 3.8) is 0 Å². The van der Waals surface area contributed by atoms with Gasteiger partial charge in [0.25, 0.3) is 0 Å². The van der Waals surface area contributed by atoms with Crippen LogP contribution >= 0.6 is 0 Å². The quantitative estimate of drug-likeness (QED) is 0.717. The molecule has 0 saturated carbocycles. The molecular weight excluding hydrogens is 312 g/mol. The first-order valence-electron chi connectivity index (χ1n) is 9.06. The maximum absolute atomic E-state index is 5.97. The van der Waals surface area contributed by atoms with E-state index in [1.807, 2.05) is 23.1 Å². The number of anilines is 1. The number of fused-ring (bicyclic) bond motifs is 1. The van der Waals surface area contributed by atoms with Gasteiger partial charge in [-0.1, -0.05) is 31.5 Å². The summed E-state index contributed by atoms with van der Waals surface area (Å²) in [6, 6.07) is 12.7. The molecule has 5 nitrogen and oxygen atoms in total. The predicted molar refractivity (Wildman–Crippen MR) is 99.9 cm³/mol. The normalized spacial score (nSPS) is 18.0. The van der Waals surface area contributed by atoms with Gasteiger partial charge in [-0.2, -0.15) is 5.10 Å². The summed E-state index contributed by atoms with van der Waals surface area (Å²) in [5.74, 6) is 0. The minimum Gasteiger partial charge on any atom is -0.373 e. The van der Waals surface area contributed by atoms with Gasteiger partial charge >= 0.3 is 0 Å². The molecule has 1 aliphatic heterocycles. The summed E-state index contributed by atoms with van der Waals surface area (Å²) in [5.41, 5.74) is 3.53. The summed E-state index contributed by atoms with van der Waals surface area (Å²) in [6.45, 7) is 5.51. The van der Waals surface area contributed by atoms with Crippen LogP contribution < -0.4 is 4.90 Å². The van der Waals surface area contributed by atoms with Crippen LogP contribution in [0.1, 0.15) is 19.0 Å². The number of aryl methyl sites for hydroxylation is 1. The lowest BCUT2D eigenvalue weighted by atomic mass is 10.1. The number of morpholine rings is 1. The second-order valence-electron chi connectivity index (χ2n) is 6.57. The summed E-state index contributed by atoms with van der Waals surface area (Å²) < 4.78 is 7.92. The first-order chi connectivity index (χ1) is 12.3. The molecule has 0 amide bonds. The average molecular weight is 336 g/mol. The van der Waals surface area contributed by atoms with E-state index in [-0.39, 0.29) is 6.10 Å². The molecule has 0 aliphatic carbocycles. The monoisotopic (exact) mass is 336 g/mol. The minimum absolute atomic E-state index is 0.148. The topological polar surface area (TPSA) is 43.2 Å². The van der Waals surface area contributed by atoms with Gasteiger partial charge in [-0.3, -0.25) is 9.67 Å². The lowest BCUT2D eigenvalue weighted by Crippen LogP contribution is -2.44. The highest BCUT2D eigenvalue weighted by Crippen LogP contribution is 2.29. The molecule has 4 rings (SSSR count). The van der Waals surface area contributed by atoms with Gasteiger partial charge in [-0.25, -0.2) is 0 Å². The van der Waals surface area contributed by atoms with Crippen LogP contribution in [-0.4, -0.2) is 40.6 Å². The zero-order valence-electron chi connectivity index (χ0n) is 14.6. The van der Waals surface area contributed by atoms with Crippen molar-refractivity contribution in [2.45, 2.75) is 32.4 Å². The molecular formula is C20H24N4O. The summed E-state index contributed by atoms with van der Waals surface area (Å²) in [5, 5.41) is 5.53. The van der Waals surface area contributed by atoms with Crippen molar-refractivity contribution < 1.29 is 4.74 Å². The highest BCUT2D eigenvalue weighted by molar-refractivity contribution is 5.92. The van der Waals surface area contributed by atoms with Crippen LogP contribution in [0.3, 0.4) is 0 Å². The van der Waals surface area contributed by atoms with Gasteiger partial charge in [-0.05, 0) is 24.6 Å². The Hall–Kier alpha value is -2.40. The predicted octanol–water partition coefficient (Wildman–Crippen LogP) is 3.29. The Kier molecular flexibility index (Phi) is 4.65. The fourth-order valence-corrected chi connectivity index (χ4v) is 3.52. The summed E-state index contributed by atoms with van der Waals surface area (Å²) in [7, 11) is 0. The van der Waals surface area contributed by atoms with E-state index in [2.05, 4.69) is 47.3 Å². The van der Waals surface area contributed by atoms with Crippen LogP contribution in [0.4, 0.5) is 5.69 Å². The number of ether oxygens (including phenoxy) is 1. The molecule has 1 aromatic carbocycles. The largest absolute Gasteiger partial charge is 0.373 e. The number of hydrogen-bond acceptors (Lipinski definition) is 4. The Balaban J connectivity index is 1.63. The lowest BCUT2D eigenvalue weighted by molar-refractivity contribution is 0.0275. The first-order valence-corrected chi connectivity index (χ1v) is 9.06. The number of hydrogen-bond donors (Lipinski definition) is 0. The highest BCUT2D eigenvalue weighted by atomic mass is 16.5. The Morgan fingerprint density at radius 2 is 2.16 bits per heavy atom. The van der Waals surface area contributed by atoms with Gasteiger partial charge in [0.15, 0.2) is 0 Å². The van der Waals surface area contributed by atoms with Gasteiger partial charge in [0.2, 0.25) is 0 Å². The number of para-hydroxylation sites is 1. The van der Waals surface area contributed by atoms with Gasteiger partial charge in [-0.15, -0.1) is 0 Å². The molecule has 0 bridgehead atoms. The van der Waals surface area contributed by atoms with E-state index in [0.29, 0.717) is 0 Å². The molecule has 0 radical (unpaired) electrons. The summed E-state index contributed by atoms with van der Waals surface area (Å²) >= 11 is 0. The summed E-state index contributed by atoms with van der Waals surface area (Å²) in [6.07, 6.45) is 6.07. The molecule has 1 aliphatic rings. The zero-order chi connectivity index (χ0) is 17.1. The second kappa shape index (κ2) is 7.23. The summed E-state index contributed by atoms with van der Waals surface area (Å²) in [4.78, 5) is 7.27. The Bertz CT molecular complexity index is 831. The highest BCUT2D eigenvalue weighted by Gasteiger charge is 2.23. The van der Waals surface area contributed by atoms with Crippen LogP contribution in [0, 0.1) is 0 Å².